The Morgan fingerprint density at radius 2 is 1.95 bits per heavy atom. The molecule has 0 bridgehead atoms. The summed E-state index contributed by atoms with van der Waals surface area (Å²) < 4.78 is 23.1. The fraction of sp³-hybridized carbons (Fsp3) is 0.467. The van der Waals surface area contributed by atoms with Crippen LogP contribution in [-0.2, 0) is 14.3 Å². The SMILES string of the molecule is C[C@@H](NC(=O)COc1ccc(F)cc1)C(=O)N1CCOCC1. The molecular weight excluding hydrogens is 291 g/mol. The van der Waals surface area contributed by atoms with Crippen molar-refractivity contribution < 1.29 is 23.5 Å². The minimum Gasteiger partial charge on any atom is -0.484 e. The molecule has 1 aromatic rings. The summed E-state index contributed by atoms with van der Waals surface area (Å²) in [4.78, 5) is 25.6. The van der Waals surface area contributed by atoms with Gasteiger partial charge in [-0.1, -0.05) is 0 Å². The molecule has 2 amide bonds. The highest BCUT2D eigenvalue weighted by Crippen LogP contribution is 2.10. The van der Waals surface area contributed by atoms with Crippen LogP contribution in [-0.4, -0.2) is 55.7 Å². The second-order valence-electron chi connectivity index (χ2n) is 4.97. The molecule has 1 aromatic carbocycles. The van der Waals surface area contributed by atoms with Gasteiger partial charge in [0.05, 0.1) is 13.2 Å². The molecule has 22 heavy (non-hydrogen) atoms. The first-order valence-electron chi connectivity index (χ1n) is 7.10. The van der Waals surface area contributed by atoms with Crippen molar-refractivity contribution in [3.8, 4) is 5.75 Å². The van der Waals surface area contributed by atoms with Gasteiger partial charge in [0.15, 0.2) is 6.61 Å². The van der Waals surface area contributed by atoms with Crippen molar-refractivity contribution in [3.05, 3.63) is 30.1 Å². The molecular formula is C15H19FN2O4. The molecule has 1 atom stereocenters. The number of rotatable bonds is 5. The number of nitrogens with one attached hydrogen (secondary N) is 1. The summed E-state index contributed by atoms with van der Waals surface area (Å²) in [5, 5.41) is 2.59. The number of benzene rings is 1. The van der Waals surface area contributed by atoms with Gasteiger partial charge in [-0.25, -0.2) is 4.39 Å². The van der Waals surface area contributed by atoms with Crippen LogP contribution in [0, 0.1) is 5.82 Å². The first-order chi connectivity index (χ1) is 10.6. The molecule has 6 nitrogen and oxygen atoms in total. The van der Waals surface area contributed by atoms with Crippen LogP contribution in [0.4, 0.5) is 4.39 Å². The molecule has 7 heteroatoms. The number of hydrogen-bond donors (Lipinski definition) is 1. The van der Waals surface area contributed by atoms with Gasteiger partial charge in [0.2, 0.25) is 5.91 Å². The Labute approximate surface area is 128 Å². The van der Waals surface area contributed by atoms with E-state index in [1.165, 1.54) is 24.3 Å². The molecule has 1 aliphatic rings. The zero-order valence-electron chi connectivity index (χ0n) is 12.4. The maximum absolute atomic E-state index is 12.7. The first kappa shape index (κ1) is 16.2. The van der Waals surface area contributed by atoms with Gasteiger partial charge in [0, 0.05) is 13.1 Å². The molecule has 0 saturated carbocycles. The maximum atomic E-state index is 12.7. The van der Waals surface area contributed by atoms with E-state index in [-0.39, 0.29) is 18.3 Å². The van der Waals surface area contributed by atoms with Crippen LogP contribution >= 0.6 is 0 Å². The molecule has 1 saturated heterocycles. The summed E-state index contributed by atoms with van der Waals surface area (Å²) in [6.07, 6.45) is 0. The van der Waals surface area contributed by atoms with Crippen LogP contribution in [0.15, 0.2) is 24.3 Å². The van der Waals surface area contributed by atoms with Gasteiger partial charge in [-0.3, -0.25) is 9.59 Å². The summed E-state index contributed by atoms with van der Waals surface area (Å²) in [7, 11) is 0. The van der Waals surface area contributed by atoms with E-state index in [9.17, 15) is 14.0 Å². The van der Waals surface area contributed by atoms with Crippen molar-refractivity contribution in [1.82, 2.24) is 10.2 Å². The van der Waals surface area contributed by atoms with Gasteiger partial charge in [-0.2, -0.15) is 0 Å². The van der Waals surface area contributed by atoms with Gasteiger partial charge in [0.1, 0.15) is 17.6 Å². The number of carbonyl (C=O) groups is 2. The third kappa shape index (κ3) is 4.70. The van der Waals surface area contributed by atoms with Gasteiger partial charge in [-0.15, -0.1) is 0 Å². The van der Waals surface area contributed by atoms with Crippen molar-refractivity contribution in [3.63, 3.8) is 0 Å². The predicted octanol–water partition coefficient (Wildman–Crippen LogP) is 0.568. The Morgan fingerprint density at radius 3 is 2.59 bits per heavy atom. The Kier molecular flexibility index (Phi) is 5.71. The number of nitrogens with zero attached hydrogens (tertiary/aromatic N) is 1. The van der Waals surface area contributed by atoms with E-state index in [2.05, 4.69) is 5.32 Å². The van der Waals surface area contributed by atoms with Gasteiger partial charge >= 0.3 is 0 Å². The molecule has 120 valence electrons. The highest BCUT2D eigenvalue weighted by atomic mass is 19.1. The van der Waals surface area contributed by atoms with Crippen molar-refractivity contribution in [1.29, 1.82) is 0 Å². The van der Waals surface area contributed by atoms with Gasteiger partial charge in [-0.05, 0) is 31.2 Å². The fourth-order valence-corrected chi connectivity index (χ4v) is 2.08. The van der Waals surface area contributed by atoms with Crippen LogP contribution < -0.4 is 10.1 Å². The highest BCUT2D eigenvalue weighted by Gasteiger charge is 2.23. The molecule has 1 N–H and O–H groups in total. The van der Waals surface area contributed by atoms with E-state index >= 15 is 0 Å². The topological polar surface area (TPSA) is 67.9 Å². The van der Waals surface area contributed by atoms with E-state index in [0.29, 0.717) is 32.1 Å². The van der Waals surface area contributed by atoms with E-state index < -0.39 is 11.9 Å². The second kappa shape index (κ2) is 7.74. The Morgan fingerprint density at radius 1 is 1.32 bits per heavy atom. The van der Waals surface area contributed by atoms with Crippen LogP contribution in [0.5, 0.6) is 5.75 Å². The summed E-state index contributed by atoms with van der Waals surface area (Å²) in [6.45, 7) is 3.50. The lowest BCUT2D eigenvalue weighted by Gasteiger charge is -2.29. The van der Waals surface area contributed by atoms with Crippen molar-refractivity contribution >= 4 is 11.8 Å². The van der Waals surface area contributed by atoms with E-state index in [1.54, 1.807) is 11.8 Å². The number of amides is 2. The lowest BCUT2D eigenvalue weighted by Crippen LogP contribution is -2.51. The fourth-order valence-electron chi connectivity index (χ4n) is 2.08. The molecule has 0 spiro atoms. The summed E-state index contributed by atoms with van der Waals surface area (Å²) in [6, 6.07) is 4.74. The minimum absolute atomic E-state index is 0.140. The largest absolute Gasteiger partial charge is 0.484 e. The average molecular weight is 310 g/mol. The van der Waals surface area contributed by atoms with Crippen LogP contribution in [0.1, 0.15) is 6.92 Å². The molecule has 0 aliphatic carbocycles. The Balaban J connectivity index is 1.75. The van der Waals surface area contributed by atoms with Crippen molar-refractivity contribution in [2.45, 2.75) is 13.0 Å². The van der Waals surface area contributed by atoms with Gasteiger partial charge < -0.3 is 19.7 Å². The molecule has 1 heterocycles. The number of carbonyl (C=O) groups excluding carboxylic acids is 2. The third-order valence-corrected chi connectivity index (χ3v) is 3.25. The number of halogens is 1. The van der Waals surface area contributed by atoms with Crippen LogP contribution in [0.25, 0.3) is 0 Å². The molecule has 1 aliphatic heterocycles. The van der Waals surface area contributed by atoms with Crippen molar-refractivity contribution in [2.75, 3.05) is 32.9 Å². The van der Waals surface area contributed by atoms with Crippen molar-refractivity contribution in [2.24, 2.45) is 0 Å². The summed E-state index contributed by atoms with van der Waals surface area (Å²) in [5.74, 6) is -0.526. The number of hydrogen-bond acceptors (Lipinski definition) is 4. The quantitative estimate of drug-likeness (QED) is 0.863. The lowest BCUT2D eigenvalue weighted by molar-refractivity contribution is -0.139. The van der Waals surface area contributed by atoms with Gasteiger partial charge in [0.25, 0.3) is 5.91 Å². The molecule has 2 rings (SSSR count). The zero-order chi connectivity index (χ0) is 15.9. The Bertz CT molecular complexity index is 515. The molecule has 1 fully saturated rings. The predicted molar refractivity (Wildman–Crippen MR) is 76.9 cm³/mol. The average Bonchev–Trinajstić information content (AvgIpc) is 2.54. The summed E-state index contributed by atoms with van der Waals surface area (Å²) in [5.41, 5.74) is 0. The normalized spacial score (nSPS) is 16.0. The summed E-state index contributed by atoms with van der Waals surface area (Å²) >= 11 is 0. The monoisotopic (exact) mass is 310 g/mol. The second-order valence-corrected chi connectivity index (χ2v) is 4.97. The number of morpholine rings is 1. The number of ether oxygens (including phenoxy) is 2. The van der Waals surface area contributed by atoms with E-state index in [0.717, 1.165) is 0 Å². The molecule has 0 radical (unpaired) electrons. The maximum Gasteiger partial charge on any atom is 0.258 e. The first-order valence-corrected chi connectivity index (χ1v) is 7.10. The Hall–Kier alpha value is -2.15. The van der Waals surface area contributed by atoms with Crippen LogP contribution in [0.2, 0.25) is 0 Å². The van der Waals surface area contributed by atoms with E-state index in [4.69, 9.17) is 9.47 Å². The highest BCUT2D eigenvalue weighted by molar-refractivity contribution is 5.87. The smallest absolute Gasteiger partial charge is 0.258 e. The molecule has 0 aromatic heterocycles. The third-order valence-electron chi connectivity index (χ3n) is 3.25. The lowest BCUT2D eigenvalue weighted by atomic mass is 10.2. The van der Waals surface area contributed by atoms with Crippen LogP contribution in [0.3, 0.4) is 0 Å². The molecule has 0 unspecified atom stereocenters. The zero-order valence-corrected chi connectivity index (χ0v) is 12.4. The van der Waals surface area contributed by atoms with E-state index in [1.807, 2.05) is 0 Å². The standard InChI is InChI=1S/C15H19FN2O4/c1-11(15(20)18-6-8-21-9-7-18)17-14(19)10-22-13-4-2-12(16)3-5-13/h2-5,11H,6-10H2,1H3,(H,17,19)/t11-/m1/s1. The minimum atomic E-state index is -0.623.